The molecule has 5 aromatic rings. The third kappa shape index (κ3) is 4.72. The molecular formula is C33H34N4O3. The quantitative estimate of drug-likeness (QED) is 0.129. The van der Waals surface area contributed by atoms with Crippen LogP contribution in [0, 0.1) is 0 Å². The zero-order valence-electron chi connectivity index (χ0n) is 22.6. The van der Waals surface area contributed by atoms with Crippen molar-refractivity contribution in [3.63, 3.8) is 0 Å². The minimum atomic E-state index is -0.716. The van der Waals surface area contributed by atoms with E-state index in [4.69, 9.17) is 10.5 Å². The smallest absolute Gasteiger partial charge is 0.328 e. The van der Waals surface area contributed by atoms with Gasteiger partial charge in [-0.1, -0.05) is 66.7 Å². The van der Waals surface area contributed by atoms with Gasteiger partial charge in [0.2, 0.25) is 5.91 Å². The molecule has 3 atom stereocenters. The topological polar surface area (TPSA) is 109 Å². The van der Waals surface area contributed by atoms with Crippen LogP contribution in [0.25, 0.3) is 32.4 Å². The molecule has 6 rings (SSSR count). The number of ether oxygens (including phenoxy) is 1. The zero-order valence-corrected chi connectivity index (χ0v) is 22.6. The molecule has 0 spiro atoms. The normalized spacial score (nSPS) is 17.6. The lowest BCUT2D eigenvalue weighted by Crippen LogP contribution is -2.53. The number of hydrogen-bond acceptors (Lipinski definition) is 5. The van der Waals surface area contributed by atoms with E-state index in [1.807, 2.05) is 12.1 Å². The Morgan fingerprint density at radius 1 is 0.950 bits per heavy atom. The van der Waals surface area contributed by atoms with Crippen molar-refractivity contribution in [3.05, 3.63) is 95.7 Å². The molecule has 0 aliphatic carbocycles. The van der Waals surface area contributed by atoms with Crippen LogP contribution in [0.1, 0.15) is 42.1 Å². The van der Waals surface area contributed by atoms with Gasteiger partial charge in [0.05, 0.1) is 19.2 Å². The molecule has 1 aliphatic heterocycles. The SMILES string of the molecule is COC(=O)C(CCCCN)NC(=O)C1Cc2c([nH]c3ccccc23)C(c2c3ccccc3cc3ccccc23)N1. The second-order valence-corrected chi connectivity index (χ2v) is 10.5. The van der Waals surface area contributed by atoms with E-state index < -0.39 is 18.1 Å². The summed E-state index contributed by atoms with van der Waals surface area (Å²) >= 11 is 0. The molecule has 2 heterocycles. The van der Waals surface area contributed by atoms with Crippen LogP contribution in [-0.4, -0.2) is 42.6 Å². The molecule has 1 aromatic heterocycles. The van der Waals surface area contributed by atoms with E-state index in [1.165, 1.54) is 7.11 Å². The van der Waals surface area contributed by atoms with Gasteiger partial charge in [0, 0.05) is 16.6 Å². The highest BCUT2D eigenvalue weighted by Crippen LogP contribution is 2.41. The van der Waals surface area contributed by atoms with E-state index in [9.17, 15) is 9.59 Å². The van der Waals surface area contributed by atoms with Crippen LogP contribution in [0.5, 0.6) is 0 Å². The zero-order chi connectivity index (χ0) is 27.6. The monoisotopic (exact) mass is 534 g/mol. The first-order valence-electron chi connectivity index (χ1n) is 13.9. The third-order valence-electron chi connectivity index (χ3n) is 8.08. The van der Waals surface area contributed by atoms with E-state index in [2.05, 4.69) is 82.3 Å². The number of H-pyrrole nitrogens is 1. The molecule has 1 aliphatic rings. The number of aromatic amines is 1. The number of esters is 1. The maximum atomic E-state index is 13.8. The van der Waals surface area contributed by atoms with Gasteiger partial charge in [-0.05, 0) is 77.0 Å². The van der Waals surface area contributed by atoms with Gasteiger partial charge in [0.1, 0.15) is 6.04 Å². The average Bonchev–Trinajstić information content (AvgIpc) is 3.37. The van der Waals surface area contributed by atoms with Crippen molar-refractivity contribution in [2.45, 2.75) is 43.8 Å². The number of carbonyl (C=O) groups excluding carboxylic acids is 2. The van der Waals surface area contributed by atoms with E-state index in [0.717, 1.165) is 62.1 Å². The summed E-state index contributed by atoms with van der Waals surface area (Å²) in [7, 11) is 1.35. The Bertz CT molecular complexity index is 1650. The predicted octanol–water partition coefficient (Wildman–Crippen LogP) is 4.86. The van der Waals surface area contributed by atoms with Crippen molar-refractivity contribution in [3.8, 4) is 0 Å². The molecule has 1 amide bonds. The van der Waals surface area contributed by atoms with Gasteiger partial charge in [-0.2, -0.15) is 0 Å². The van der Waals surface area contributed by atoms with Crippen LogP contribution in [0.2, 0.25) is 0 Å². The number of rotatable bonds is 8. The second-order valence-electron chi connectivity index (χ2n) is 10.5. The summed E-state index contributed by atoms with van der Waals surface area (Å²) in [6.45, 7) is 0.538. The Balaban J connectivity index is 1.46. The van der Waals surface area contributed by atoms with Crippen molar-refractivity contribution in [1.29, 1.82) is 0 Å². The van der Waals surface area contributed by atoms with Gasteiger partial charge in [-0.15, -0.1) is 0 Å². The van der Waals surface area contributed by atoms with Crippen molar-refractivity contribution in [1.82, 2.24) is 15.6 Å². The molecule has 7 heteroatoms. The Hall–Kier alpha value is -4.20. The molecule has 7 nitrogen and oxygen atoms in total. The summed E-state index contributed by atoms with van der Waals surface area (Å²) in [5, 5.41) is 12.3. The molecule has 0 saturated carbocycles. The second kappa shape index (κ2) is 11.1. The van der Waals surface area contributed by atoms with Gasteiger partial charge in [-0.25, -0.2) is 4.79 Å². The van der Waals surface area contributed by atoms with E-state index in [1.54, 1.807) is 0 Å². The number of fused-ring (bicyclic) bond motifs is 5. The molecule has 0 bridgehead atoms. The van der Waals surface area contributed by atoms with Crippen molar-refractivity contribution < 1.29 is 14.3 Å². The first-order valence-corrected chi connectivity index (χ1v) is 13.9. The van der Waals surface area contributed by atoms with Crippen LogP contribution in [0.15, 0.2) is 78.9 Å². The molecule has 0 saturated heterocycles. The maximum Gasteiger partial charge on any atom is 0.328 e. The number of carbonyl (C=O) groups is 2. The van der Waals surface area contributed by atoms with E-state index in [0.29, 0.717) is 19.4 Å². The van der Waals surface area contributed by atoms with Gasteiger partial charge in [-0.3, -0.25) is 10.1 Å². The molecule has 204 valence electrons. The number of para-hydroxylation sites is 1. The third-order valence-corrected chi connectivity index (χ3v) is 8.08. The maximum absolute atomic E-state index is 13.8. The minimum Gasteiger partial charge on any atom is -0.467 e. The summed E-state index contributed by atoms with van der Waals surface area (Å²) in [4.78, 5) is 30.0. The molecule has 0 radical (unpaired) electrons. The van der Waals surface area contributed by atoms with Crippen molar-refractivity contribution >= 4 is 44.3 Å². The average molecular weight is 535 g/mol. The number of unbranched alkanes of at least 4 members (excludes halogenated alkanes) is 1. The Morgan fingerprint density at radius 3 is 2.27 bits per heavy atom. The van der Waals surface area contributed by atoms with Gasteiger partial charge in [0.15, 0.2) is 0 Å². The first kappa shape index (κ1) is 26.0. The van der Waals surface area contributed by atoms with Crippen LogP contribution in [0.4, 0.5) is 0 Å². The lowest BCUT2D eigenvalue weighted by Gasteiger charge is -2.33. The fourth-order valence-corrected chi connectivity index (χ4v) is 6.15. The highest BCUT2D eigenvalue weighted by Gasteiger charge is 2.36. The summed E-state index contributed by atoms with van der Waals surface area (Å²) in [6, 6.07) is 25.7. The number of nitrogens with two attached hydrogens (primary N) is 1. The van der Waals surface area contributed by atoms with Crippen LogP contribution < -0.4 is 16.4 Å². The summed E-state index contributed by atoms with van der Waals surface area (Å²) < 4.78 is 5.01. The number of aromatic nitrogens is 1. The van der Waals surface area contributed by atoms with Gasteiger partial charge < -0.3 is 20.8 Å². The lowest BCUT2D eigenvalue weighted by atomic mass is 9.85. The highest BCUT2D eigenvalue weighted by molar-refractivity contribution is 6.03. The number of benzene rings is 4. The van der Waals surface area contributed by atoms with Crippen LogP contribution >= 0.6 is 0 Å². The fraction of sp³-hybridized carbons (Fsp3) is 0.273. The van der Waals surface area contributed by atoms with Crippen molar-refractivity contribution in [2.75, 3.05) is 13.7 Å². The lowest BCUT2D eigenvalue weighted by molar-refractivity contribution is -0.145. The molecule has 5 N–H and O–H groups in total. The summed E-state index contributed by atoms with van der Waals surface area (Å²) in [5.74, 6) is -0.654. The molecule has 40 heavy (non-hydrogen) atoms. The van der Waals surface area contributed by atoms with E-state index in [-0.39, 0.29) is 11.9 Å². The van der Waals surface area contributed by atoms with E-state index >= 15 is 0 Å². The molecule has 0 fully saturated rings. The molecule has 3 unspecified atom stereocenters. The van der Waals surface area contributed by atoms with Crippen LogP contribution in [-0.2, 0) is 20.7 Å². The summed E-state index contributed by atoms with van der Waals surface area (Å²) in [6.07, 6.45) is 2.49. The number of methoxy groups -OCH3 is 1. The predicted molar refractivity (Wildman–Crippen MR) is 159 cm³/mol. The fourth-order valence-electron chi connectivity index (χ4n) is 6.15. The number of amides is 1. The standard InChI is InChI=1S/C33H34N4O3/c1-40-33(39)27(16-8-9-17-34)37-32(38)28-19-25-24-14-6-7-15-26(24)35-30(25)31(36-28)29-22-12-4-2-10-20(22)18-21-11-3-5-13-23(21)29/h2-7,10-15,18,27-28,31,35-36H,8-9,16-17,19,34H2,1H3,(H,37,38). The Labute approximate surface area is 233 Å². The minimum absolute atomic E-state index is 0.214. The molecular weight excluding hydrogens is 500 g/mol. The van der Waals surface area contributed by atoms with Crippen LogP contribution in [0.3, 0.4) is 0 Å². The van der Waals surface area contributed by atoms with Gasteiger partial charge in [0.25, 0.3) is 0 Å². The molecule has 4 aromatic carbocycles. The Kier molecular flexibility index (Phi) is 7.24. The number of hydrogen-bond donors (Lipinski definition) is 4. The van der Waals surface area contributed by atoms with Gasteiger partial charge >= 0.3 is 5.97 Å². The Morgan fingerprint density at radius 2 is 1.60 bits per heavy atom. The first-order chi connectivity index (χ1) is 19.6. The largest absolute Gasteiger partial charge is 0.467 e. The number of nitrogens with one attached hydrogen (secondary N) is 3. The highest BCUT2D eigenvalue weighted by atomic mass is 16.5. The van der Waals surface area contributed by atoms with Crippen molar-refractivity contribution in [2.24, 2.45) is 5.73 Å². The summed E-state index contributed by atoms with van der Waals surface area (Å²) in [5.41, 5.74) is 10.0.